The number of hydrogen-bond acceptors (Lipinski definition) is 4. The Bertz CT molecular complexity index is 337. The van der Waals surface area contributed by atoms with E-state index in [1.807, 2.05) is 0 Å². The van der Waals surface area contributed by atoms with Crippen LogP contribution in [0, 0.1) is 6.92 Å². The first-order chi connectivity index (χ1) is 8.29. The molecular weight excluding hydrogens is 266 g/mol. The molecule has 1 fully saturated rings. The highest BCUT2D eigenvalue weighted by Crippen LogP contribution is 2.18. The molecule has 1 saturated heterocycles. The van der Waals surface area contributed by atoms with Crippen molar-refractivity contribution in [3.05, 3.63) is 16.1 Å². The predicted molar refractivity (Wildman–Crippen MR) is 80.7 cm³/mol. The van der Waals surface area contributed by atoms with Gasteiger partial charge in [0.1, 0.15) is 5.01 Å². The SMILES string of the molecule is CCCN(Cc1nc(C)cs1)C1CCNCC1.Cl. The molecule has 104 valence electrons. The fraction of sp³-hybridized carbons (Fsp3) is 0.769. The highest BCUT2D eigenvalue weighted by atomic mass is 35.5. The summed E-state index contributed by atoms with van der Waals surface area (Å²) in [6.45, 7) is 8.92. The quantitative estimate of drug-likeness (QED) is 0.903. The molecule has 0 aromatic carbocycles. The molecule has 1 aromatic rings. The standard InChI is InChI=1S/C13H23N3S.ClH/c1-3-8-16(12-4-6-14-7-5-12)9-13-15-11(2)10-17-13;/h10,12,14H,3-9H2,1-2H3;1H. The van der Waals surface area contributed by atoms with Gasteiger partial charge in [-0.3, -0.25) is 4.90 Å². The monoisotopic (exact) mass is 289 g/mol. The van der Waals surface area contributed by atoms with Gasteiger partial charge in [0.05, 0.1) is 6.54 Å². The summed E-state index contributed by atoms with van der Waals surface area (Å²) in [4.78, 5) is 7.21. The normalized spacial score (nSPS) is 16.8. The average Bonchev–Trinajstić information content (AvgIpc) is 2.75. The van der Waals surface area contributed by atoms with Crippen molar-refractivity contribution in [1.82, 2.24) is 15.2 Å². The van der Waals surface area contributed by atoms with Gasteiger partial charge < -0.3 is 5.32 Å². The minimum atomic E-state index is 0. The van der Waals surface area contributed by atoms with Gasteiger partial charge >= 0.3 is 0 Å². The minimum absolute atomic E-state index is 0. The molecule has 18 heavy (non-hydrogen) atoms. The number of rotatable bonds is 5. The van der Waals surface area contributed by atoms with Crippen LogP contribution in [-0.2, 0) is 6.54 Å². The van der Waals surface area contributed by atoms with Crippen LogP contribution in [-0.4, -0.2) is 35.6 Å². The summed E-state index contributed by atoms with van der Waals surface area (Å²) in [7, 11) is 0. The Hall–Kier alpha value is -0.160. The second-order valence-corrected chi connectivity index (χ2v) is 5.78. The van der Waals surface area contributed by atoms with E-state index in [0.29, 0.717) is 0 Å². The molecular formula is C13H24ClN3S. The Morgan fingerprint density at radius 3 is 2.72 bits per heavy atom. The van der Waals surface area contributed by atoms with Crippen molar-refractivity contribution in [1.29, 1.82) is 0 Å². The lowest BCUT2D eigenvalue weighted by Crippen LogP contribution is -2.43. The Morgan fingerprint density at radius 2 is 2.17 bits per heavy atom. The summed E-state index contributed by atoms with van der Waals surface area (Å²) >= 11 is 1.80. The maximum atomic E-state index is 4.59. The second-order valence-electron chi connectivity index (χ2n) is 4.83. The molecule has 0 aliphatic carbocycles. The lowest BCUT2D eigenvalue weighted by Gasteiger charge is -2.33. The molecule has 2 heterocycles. The van der Waals surface area contributed by atoms with Crippen molar-refractivity contribution in [2.45, 2.75) is 45.7 Å². The van der Waals surface area contributed by atoms with Gasteiger partial charge in [0, 0.05) is 17.1 Å². The second kappa shape index (κ2) is 8.10. The van der Waals surface area contributed by atoms with Crippen LogP contribution in [0.15, 0.2) is 5.38 Å². The third-order valence-electron chi connectivity index (χ3n) is 3.34. The third-order valence-corrected chi connectivity index (χ3v) is 4.29. The first-order valence-corrected chi connectivity index (χ1v) is 7.53. The topological polar surface area (TPSA) is 28.2 Å². The van der Waals surface area contributed by atoms with Crippen LogP contribution in [0.3, 0.4) is 0 Å². The summed E-state index contributed by atoms with van der Waals surface area (Å²) in [6.07, 6.45) is 3.79. The summed E-state index contributed by atoms with van der Waals surface area (Å²) in [5.74, 6) is 0. The number of aromatic nitrogens is 1. The highest BCUT2D eigenvalue weighted by molar-refractivity contribution is 7.09. The van der Waals surface area contributed by atoms with Crippen molar-refractivity contribution in [2.75, 3.05) is 19.6 Å². The van der Waals surface area contributed by atoms with Crippen LogP contribution in [0.25, 0.3) is 0 Å². The number of halogens is 1. The van der Waals surface area contributed by atoms with Gasteiger partial charge in [-0.05, 0) is 45.8 Å². The van der Waals surface area contributed by atoms with E-state index in [9.17, 15) is 0 Å². The molecule has 0 radical (unpaired) electrons. The van der Waals surface area contributed by atoms with Crippen molar-refractivity contribution < 1.29 is 0 Å². The number of aryl methyl sites for hydroxylation is 1. The fourth-order valence-corrected chi connectivity index (χ4v) is 3.30. The van der Waals surface area contributed by atoms with E-state index >= 15 is 0 Å². The zero-order chi connectivity index (χ0) is 12.1. The van der Waals surface area contributed by atoms with Gasteiger partial charge in [0.15, 0.2) is 0 Å². The third kappa shape index (κ3) is 4.50. The Kier molecular flexibility index (Phi) is 7.15. The summed E-state index contributed by atoms with van der Waals surface area (Å²) in [6, 6.07) is 0.750. The lowest BCUT2D eigenvalue weighted by molar-refractivity contribution is 0.154. The molecule has 5 heteroatoms. The van der Waals surface area contributed by atoms with E-state index in [-0.39, 0.29) is 12.4 Å². The first kappa shape index (κ1) is 15.9. The molecule has 0 spiro atoms. The Morgan fingerprint density at radius 1 is 1.44 bits per heavy atom. The lowest BCUT2D eigenvalue weighted by atomic mass is 10.0. The molecule has 0 bridgehead atoms. The molecule has 3 nitrogen and oxygen atoms in total. The van der Waals surface area contributed by atoms with E-state index in [2.05, 4.69) is 34.4 Å². The molecule has 1 aromatic heterocycles. The molecule has 1 aliphatic rings. The molecule has 0 unspecified atom stereocenters. The van der Waals surface area contributed by atoms with E-state index in [0.717, 1.165) is 18.3 Å². The van der Waals surface area contributed by atoms with Crippen LogP contribution in [0.2, 0.25) is 0 Å². The minimum Gasteiger partial charge on any atom is -0.317 e. The van der Waals surface area contributed by atoms with Crippen LogP contribution < -0.4 is 5.32 Å². The van der Waals surface area contributed by atoms with Crippen molar-refractivity contribution in [3.8, 4) is 0 Å². The molecule has 0 amide bonds. The number of hydrogen-bond donors (Lipinski definition) is 1. The van der Waals surface area contributed by atoms with Crippen LogP contribution in [0.5, 0.6) is 0 Å². The summed E-state index contributed by atoms with van der Waals surface area (Å²) in [5, 5.41) is 6.87. The molecule has 0 atom stereocenters. The zero-order valence-electron chi connectivity index (χ0n) is 11.3. The number of piperidine rings is 1. The number of nitrogens with one attached hydrogen (secondary N) is 1. The van der Waals surface area contributed by atoms with Crippen LogP contribution in [0.4, 0.5) is 0 Å². The van der Waals surface area contributed by atoms with Gasteiger partial charge in [0.2, 0.25) is 0 Å². The first-order valence-electron chi connectivity index (χ1n) is 6.65. The number of nitrogens with zero attached hydrogens (tertiary/aromatic N) is 2. The van der Waals surface area contributed by atoms with Gasteiger partial charge in [-0.2, -0.15) is 0 Å². The van der Waals surface area contributed by atoms with Crippen LogP contribution >= 0.6 is 23.7 Å². The molecule has 1 aliphatic heterocycles. The Labute approximate surface area is 120 Å². The van der Waals surface area contributed by atoms with Gasteiger partial charge in [-0.25, -0.2) is 4.98 Å². The van der Waals surface area contributed by atoms with Crippen molar-refractivity contribution in [3.63, 3.8) is 0 Å². The molecule has 2 rings (SSSR count). The van der Waals surface area contributed by atoms with E-state index in [4.69, 9.17) is 0 Å². The molecule has 0 saturated carbocycles. The predicted octanol–water partition coefficient (Wildman–Crippen LogP) is 2.84. The van der Waals surface area contributed by atoms with Gasteiger partial charge in [-0.15, -0.1) is 23.7 Å². The average molecular weight is 290 g/mol. The van der Waals surface area contributed by atoms with Crippen LogP contribution in [0.1, 0.15) is 36.9 Å². The maximum Gasteiger partial charge on any atom is 0.107 e. The van der Waals surface area contributed by atoms with Gasteiger partial charge in [0.25, 0.3) is 0 Å². The zero-order valence-corrected chi connectivity index (χ0v) is 12.9. The van der Waals surface area contributed by atoms with E-state index < -0.39 is 0 Å². The molecule has 1 N–H and O–H groups in total. The summed E-state index contributed by atoms with van der Waals surface area (Å²) < 4.78 is 0. The fourth-order valence-electron chi connectivity index (χ4n) is 2.50. The van der Waals surface area contributed by atoms with E-state index in [1.165, 1.54) is 43.9 Å². The number of thiazole rings is 1. The smallest absolute Gasteiger partial charge is 0.107 e. The van der Waals surface area contributed by atoms with E-state index in [1.54, 1.807) is 11.3 Å². The highest BCUT2D eigenvalue weighted by Gasteiger charge is 2.21. The largest absolute Gasteiger partial charge is 0.317 e. The van der Waals surface area contributed by atoms with Gasteiger partial charge in [-0.1, -0.05) is 6.92 Å². The van der Waals surface area contributed by atoms with Crippen molar-refractivity contribution in [2.24, 2.45) is 0 Å². The Balaban J connectivity index is 0.00000162. The maximum absolute atomic E-state index is 4.59. The summed E-state index contributed by atoms with van der Waals surface area (Å²) in [5.41, 5.74) is 1.16. The van der Waals surface area contributed by atoms with Crippen molar-refractivity contribution >= 4 is 23.7 Å².